The maximum atomic E-state index is 12.2. The predicted molar refractivity (Wildman–Crippen MR) is 91.4 cm³/mol. The molecular weight excluding hydrogens is 288 g/mol. The molecule has 126 valence electrons. The lowest BCUT2D eigenvalue weighted by Crippen LogP contribution is -2.43. The number of carbonyl (C=O) groups is 1. The molecule has 0 radical (unpaired) electrons. The van der Waals surface area contributed by atoms with Crippen LogP contribution in [0.4, 0.5) is 0 Å². The van der Waals surface area contributed by atoms with Crippen LogP contribution in [-0.4, -0.2) is 50.2 Å². The van der Waals surface area contributed by atoms with Crippen LogP contribution >= 0.6 is 0 Å². The summed E-state index contributed by atoms with van der Waals surface area (Å²) in [4.78, 5) is 14.5. The van der Waals surface area contributed by atoms with Crippen LogP contribution in [0.5, 0.6) is 0 Å². The third-order valence-corrected chi connectivity index (χ3v) is 4.99. The fourth-order valence-corrected chi connectivity index (χ4v) is 3.68. The van der Waals surface area contributed by atoms with E-state index in [4.69, 9.17) is 4.74 Å². The van der Waals surface area contributed by atoms with E-state index in [1.54, 1.807) is 0 Å². The Morgan fingerprint density at radius 3 is 2.87 bits per heavy atom. The van der Waals surface area contributed by atoms with Crippen LogP contribution in [-0.2, 0) is 9.53 Å². The molecule has 2 atom stereocenters. The van der Waals surface area contributed by atoms with Gasteiger partial charge in [0.05, 0.1) is 13.2 Å². The summed E-state index contributed by atoms with van der Waals surface area (Å²) in [5.74, 6) is 1.21. The van der Waals surface area contributed by atoms with Crippen molar-refractivity contribution in [2.75, 3.05) is 39.4 Å². The smallest absolute Gasteiger partial charge is 0.234 e. The molecule has 2 aliphatic heterocycles. The van der Waals surface area contributed by atoms with Crippen molar-refractivity contribution in [3.8, 4) is 0 Å². The Morgan fingerprint density at radius 2 is 2.09 bits per heavy atom. The third kappa shape index (κ3) is 5.05. The zero-order valence-electron chi connectivity index (χ0n) is 13.9. The second-order valence-electron chi connectivity index (χ2n) is 6.87. The van der Waals surface area contributed by atoms with Gasteiger partial charge in [0.15, 0.2) is 0 Å². The summed E-state index contributed by atoms with van der Waals surface area (Å²) < 4.78 is 5.47. The van der Waals surface area contributed by atoms with E-state index in [-0.39, 0.29) is 5.91 Å². The van der Waals surface area contributed by atoms with Crippen LogP contribution in [0.3, 0.4) is 0 Å². The van der Waals surface area contributed by atoms with Gasteiger partial charge in [-0.2, -0.15) is 0 Å². The minimum absolute atomic E-state index is 0.157. The number of nitrogens with zero attached hydrogens (tertiary/aromatic N) is 1. The van der Waals surface area contributed by atoms with Gasteiger partial charge < -0.3 is 10.1 Å². The second-order valence-corrected chi connectivity index (χ2v) is 6.87. The fourth-order valence-electron chi connectivity index (χ4n) is 3.68. The molecule has 1 amide bonds. The maximum Gasteiger partial charge on any atom is 0.234 e. The standard InChI is InChI=1S/C19H28N2O2/c22-19(20-12-16-6-5-11-23-15-16)14-21-10-4-9-18(13-21)17-7-2-1-3-8-17/h1-3,7-8,16,18H,4-6,9-15H2,(H,20,22)/t16-,18-/m1/s1. The number of hydrogen-bond donors (Lipinski definition) is 1. The lowest BCUT2D eigenvalue weighted by Gasteiger charge is -2.32. The number of hydrogen-bond acceptors (Lipinski definition) is 3. The van der Waals surface area contributed by atoms with Gasteiger partial charge in [-0.1, -0.05) is 30.3 Å². The van der Waals surface area contributed by atoms with Gasteiger partial charge in [-0.15, -0.1) is 0 Å². The van der Waals surface area contributed by atoms with Crippen molar-refractivity contribution in [1.82, 2.24) is 10.2 Å². The number of carbonyl (C=O) groups excluding carboxylic acids is 1. The van der Waals surface area contributed by atoms with E-state index in [1.807, 2.05) is 0 Å². The van der Waals surface area contributed by atoms with E-state index in [0.29, 0.717) is 18.4 Å². The van der Waals surface area contributed by atoms with Gasteiger partial charge in [-0.3, -0.25) is 9.69 Å². The molecule has 1 aromatic carbocycles. The molecule has 1 aromatic rings. The summed E-state index contributed by atoms with van der Waals surface area (Å²) in [6.45, 7) is 4.97. The molecule has 0 saturated carbocycles. The molecule has 4 heteroatoms. The summed E-state index contributed by atoms with van der Waals surface area (Å²) in [5.41, 5.74) is 1.40. The lowest BCUT2D eigenvalue weighted by atomic mass is 9.91. The van der Waals surface area contributed by atoms with Crippen molar-refractivity contribution in [1.29, 1.82) is 0 Å². The minimum Gasteiger partial charge on any atom is -0.381 e. The molecule has 0 unspecified atom stereocenters. The summed E-state index contributed by atoms with van der Waals surface area (Å²) in [6.07, 6.45) is 4.68. The van der Waals surface area contributed by atoms with Crippen LogP contribution in [0.2, 0.25) is 0 Å². The van der Waals surface area contributed by atoms with Crippen LogP contribution in [0.15, 0.2) is 30.3 Å². The zero-order valence-corrected chi connectivity index (χ0v) is 13.9. The lowest BCUT2D eigenvalue weighted by molar-refractivity contribution is -0.122. The maximum absolute atomic E-state index is 12.2. The Hall–Kier alpha value is -1.39. The van der Waals surface area contributed by atoms with Crippen molar-refractivity contribution >= 4 is 5.91 Å². The van der Waals surface area contributed by atoms with Gasteiger partial charge in [0.1, 0.15) is 0 Å². The molecule has 3 rings (SSSR count). The minimum atomic E-state index is 0.157. The van der Waals surface area contributed by atoms with Crippen LogP contribution in [0.1, 0.15) is 37.2 Å². The van der Waals surface area contributed by atoms with Crippen LogP contribution < -0.4 is 5.32 Å². The van der Waals surface area contributed by atoms with Gasteiger partial charge in [-0.25, -0.2) is 0 Å². The highest BCUT2D eigenvalue weighted by Gasteiger charge is 2.23. The first-order valence-corrected chi connectivity index (χ1v) is 8.93. The molecule has 2 fully saturated rings. The van der Waals surface area contributed by atoms with Gasteiger partial charge in [0.2, 0.25) is 5.91 Å². The summed E-state index contributed by atoms with van der Waals surface area (Å²) >= 11 is 0. The molecule has 1 N–H and O–H groups in total. The number of rotatable bonds is 5. The predicted octanol–water partition coefficient (Wildman–Crippen LogP) is 2.41. The average Bonchev–Trinajstić information content (AvgIpc) is 2.62. The number of likely N-dealkylation sites (tertiary alicyclic amines) is 1. The number of nitrogens with one attached hydrogen (secondary N) is 1. The highest BCUT2D eigenvalue weighted by molar-refractivity contribution is 5.78. The van der Waals surface area contributed by atoms with Crippen molar-refractivity contribution in [3.63, 3.8) is 0 Å². The van der Waals surface area contributed by atoms with Crippen LogP contribution in [0.25, 0.3) is 0 Å². The van der Waals surface area contributed by atoms with E-state index in [2.05, 4.69) is 40.5 Å². The van der Waals surface area contributed by atoms with E-state index < -0.39 is 0 Å². The van der Waals surface area contributed by atoms with Gasteiger partial charge in [0.25, 0.3) is 0 Å². The van der Waals surface area contributed by atoms with Crippen molar-refractivity contribution in [3.05, 3.63) is 35.9 Å². The number of piperidine rings is 1. The summed E-state index contributed by atoms with van der Waals surface area (Å²) in [7, 11) is 0. The van der Waals surface area contributed by atoms with Gasteiger partial charge >= 0.3 is 0 Å². The highest BCUT2D eigenvalue weighted by atomic mass is 16.5. The Labute approximate surface area is 139 Å². The normalized spacial score (nSPS) is 25.9. The van der Waals surface area contributed by atoms with Crippen molar-refractivity contribution < 1.29 is 9.53 Å². The van der Waals surface area contributed by atoms with Crippen LogP contribution in [0, 0.1) is 5.92 Å². The molecule has 0 bridgehead atoms. The summed E-state index contributed by atoms with van der Waals surface area (Å²) in [6, 6.07) is 10.7. The monoisotopic (exact) mass is 316 g/mol. The second kappa shape index (κ2) is 8.46. The number of ether oxygens (including phenoxy) is 1. The van der Waals surface area contributed by atoms with E-state index in [0.717, 1.165) is 39.3 Å². The summed E-state index contributed by atoms with van der Waals surface area (Å²) in [5, 5.41) is 3.09. The molecule has 4 nitrogen and oxygen atoms in total. The highest BCUT2D eigenvalue weighted by Crippen LogP contribution is 2.26. The van der Waals surface area contributed by atoms with E-state index >= 15 is 0 Å². The first-order valence-electron chi connectivity index (χ1n) is 8.93. The molecule has 2 aliphatic rings. The molecule has 0 spiro atoms. The molecule has 23 heavy (non-hydrogen) atoms. The Morgan fingerprint density at radius 1 is 1.22 bits per heavy atom. The fraction of sp³-hybridized carbons (Fsp3) is 0.632. The molecular formula is C19H28N2O2. The third-order valence-electron chi connectivity index (χ3n) is 4.99. The van der Waals surface area contributed by atoms with Gasteiger partial charge in [0, 0.05) is 19.7 Å². The van der Waals surface area contributed by atoms with Gasteiger partial charge in [-0.05, 0) is 49.6 Å². The SMILES string of the molecule is O=C(CN1CCC[C@@H](c2ccccc2)C1)NC[C@H]1CCCOC1. The quantitative estimate of drug-likeness (QED) is 0.907. The first-order chi connectivity index (χ1) is 11.3. The Kier molecular flexibility index (Phi) is 6.06. The van der Waals surface area contributed by atoms with Crippen molar-refractivity contribution in [2.24, 2.45) is 5.92 Å². The number of benzene rings is 1. The Bertz CT molecular complexity index is 485. The molecule has 0 aromatic heterocycles. The zero-order chi connectivity index (χ0) is 15.9. The average molecular weight is 316 g/mol. The molecule has 0 aliphatic carbocycles. The van der Waals surface area contributed by atoms with E-state index in [1.165, 1.54) is 24.8 Å². The van der Waals surface area contributed by atoms with Crippen molar-refractivity contribution in [2.45, 2.75) is 31.6 Å². The molecule has 2 saturated heterocycles. The first kappa shape index (κ1) is 16.5. The number of amides is 1. The largest absolute Gasteiger partial charge is 0.381 e. The Balaban J connectivity index is 1.43. The molecule has 2 heterocycles. The van der Waals surface area contributed by atoms with E-state index in [9.17, 15) is 4.79 Å². The topological polar surface area (TPSA) is 41.6 Å².